The largest absolute Gasteiger partial charge is 0.337 e. The van der Waals surface area contributed by atoms with Crippen LogP contribution in [0, 0.1) is 6.92 Å². The number of hydrogen-bond donors (Lipinski definition) is 1. The first kappa shape index (κ1) is 22.6. The molecule has 0 bridgehead atoms. The van der Waals surface area contributed by atoms with Gasteiger partial charge in [-0.15, -0.1) is 0 Å². The van der Waals surface area contributed by atoms with Gasteiger partial charge in [0.15, 0.2) is 15.0 Å². The highest BCUT2D eigenvalue weighted by Gasteiger charge is 2.22. The van der Waals surface area contributed by atoms with E-state index in [9.17, 15) is 13.2 Å². The number of rotatable bonds is 6. The normalized spacial score (nSPS) is 11.8. The van der Waals surface area contributed by atoms with Crippen LogP contribution in [0.25, 0.3) is 21.1 Å². The number of fused-ring (bicyclic) bond motifs is 2. The molecule has 172 valence electrons. The first-order chi connectivity index (χ1) is 16.3. The van der Waals surface area contributed by atoms with Crippen LogP contribution in [0.3, 0.4) is 0 Å². The van der Waals surface area contributed by atoms with Gasteiger partial charge in [0.2, 0.25) is 5.91 Å². The van der Waals surface area contributed by atoms with Crippen LogP contribution in [0.4, 0.5) is 5.13 Å². The van der Waals surface area contributed by atoms with Crippen molar-refractivity contribution in [2.24, 2.45) is 0 Å². The van der Waals surface area contributed by atoms with Crippen LogP contribution in [-0.4, -0.2) is 23.9 Å². The fraction of sp³-hybridized carbons (Fsp3) is 0.120. The SMILES string of the molecule is Cc1ccc2nc(NC(=O)Cn3cc(S(=O)(=O)Cc4ccc(Cl)cc4)c4ccccc43)sc2c1. The predicted octanol–water partition coefficient (Wildman–Crippen LogP) is 5.83. The lowest BCUT2D eigenvalue weighted by Gasteiger charge is -2.05. The van der Waals surface area contributed by atoms with Crippen molar-refractivity contribution in [3.8, 4) is 0 Å². The number of carbonyl (C=O) groups excluding carboxylic acids is 1. The highest BCUT2D eigenvalue weighted by Crippen LogP contribution is 2.29. The standard InChI is InChI=1S/C25H20ClN3O3S2/c1-16-6-11-20-22(12-16)33-25(27-20)28-24(30)14-29-13-23(19-4-2-3-5-21(19)29)34(31,32)15-17-7-9-18(26)10-8-17/h2-13H,14-15H2,1H3,(H,27,28,30). The summed E-state index contributed by atoms with van der Waals surface area (Å²) in [6.45, 7) is 1.97. The Morgan fingerprint density at radius 2 is 1.85 bits per heavy atom. The van der Waals surface area contributed by atoms with Gasteiger partial charge in [-0.1, -0.05) is 59.3 Å². The zero-order valence-corrected chi connectivity index (χ0v) is 20.5. The van der Waals surface area contributed by atoms with Gasteiger partial charge < -0.3 is 9.88 Å². The highest BCUT2D eigenvalue weighted by molar-refractivity contribution is 7.90. The number of carbonyl (C=O) groups is 1. The Morgan fingerprint density at radius 3 is 2.65 bits per heavy atom. The van der Waals surface area contributed by atoms with Crippen molar-refractivity contribution in [1.29, 1.82) is 0 Å². The van der Waals surface area contributed by atoms with Gasteiger partial charge in [-0.25, -0.2) is 13.4 Å². The summed E-state index contributed by atoms with van der Waals surface area (Å²) in [4.78, 5) is 17.5. The Bertz CT molecular complexity index is 1640. The van der Waals surface area contributed by atoms with Crippen molar-refractivity contribution in [3.05, 3.63) is 89.1 Å². The molecule has 2 heterocycles. The molecule has 6 nitrogen and oxygen atoms in total. The lowest BCUT2D eigenvalue weighted by molar-refractivity contribution is -0.116. The van der Waals surface area contributed by atoms with Crippen molar-refractivity contribution in [2.45, 2.75) is 24.1 Å². The molecule has 0 radical (unpaired) electrons. The van der Waals surface area contributed by atoms with E-state index < -0.39 is 9.84 Å². The Morgan fingerprint density at radius 1 is 1.09 bits per heavy atom. The van der Waals surface area contributed by atoms with Gasteiger partial charge in [-0.2, -0.15) is 0 Å². The van der Waals surface area contributed by atoms with Crippen LogP contribution >= 0.6 is 22.9 Å². The average Bonchev–Trinajstić information content (AvgIpc) is 3.36. The van der Waals surface area contributed by atoms with Crippen LogP contribution in [0.1, 0.15) is 11.1 Å². The van der Waals surface area contributed by atoms with Gasteiger partial charge in [-0.05, 0) is 48.4 Å². The second-order valence-electron chi connectivity index (χ2n) is 8.06. The van der Waals surface area contributed by atoms with E-state index in [1.165, 1.54) is 17.5 Å². The number of aromatic nitrogens is 2. The van der Waals surface area contributed by atoms with Gasteiger partial charge in [0, 0.05) is 22.1 Å². The third kappa shape index (κ3) is 4.57. The Kier molecular flexibility index (Phi) is 5.89. The topological polar surface area (TPSA) is 81.1 Å². The predicted molar refractivity (Wildman–Crippen MR) is 137 cm³/mol. The van der Waals surface area contributed by atoms with Crippen molar-refractivity contribution in [1.82, 2.24) is 9.55 Å². The molecule has 1 amide bonds. The summed E-state index contributed by atoms with van der Waals surface area (Å²) in [5, 5.41) is 4.49. The molecule has 0 saturated carbocycles. The lowest BCUT2D eigenvalue weighted by atomic mass is 10.2. The van der Waals surface area contributed by atoms with E-state index in [-0.39, 0.29) is 23.1 Å². The van der Waals surface area contributed by atoms with E-state index in [0.717, 1.165) is 15.8 Å². The highest BCUT2D eigenvalue weighted by atomic mass is 35.5. The molecule has 0 unspecified atom stereocenters. The third-order valence-electron chi connectivity index (χ3n) is 5.46. The molecule has 0 saturated heterocycles. The zero-order valence-electron chi connectivity index (χ0n) is 18.2. The number of hydrogen-bond acceptors (Lipinski definition) is 5. The zero-order chi connectivity index (χ0) is 23.9. The number of thiazole rings is 1. The van der Waals surface area contributed by atoms with Crippen molar-refractivity contribution in [2.75, 3.05) is 5.32 Å². The minimum absolute atomic E-state index is 0.0358. The lowest BCUT2D eigenvalue weighted by Crippen LogP contribution is -2.18. The van der Waals surface area contributed by atoms with Crippen LogP contribution in [-0.2, 0) is 26.9 Å². The summed E-state index contributed by atoms with van der Waals surface area (Å²) in [6.07, 6.45) is 1.54. The molecule has 0 aliphatic heterocycles. The summed E-state index contributed by atoms with van der Waals surface area (Å²) in [6, 6.07) is 19.8. The fourth-order valence-electron chi connectivity index (χ4n) is 3.87. The number of anilines is 1. The number of nitrogens with zero attached hydrogens (tertiary/aromatic N) is 2. The Labute approximate surface area is 205 Å². The van der Waals surface area contributed by atoms with E-state index in [1.807, 2.05) is 37.3 Å². The molecular formula is C25H20ClN3O3S2. The van der Waals surface area contributed by atoms with Gasteiger partial charge in [0.1, 0.15) is 6.54 Å². The molecular weight excluding hydrogens is 490 g/mol. The molecule has 0 atom stereocenters. The number of halogens is 1. The molecule has 34 heavy (non-hydrogen) atoms. The molecule has 2 aromatic heterocycles. The third-order valence-corrected chi connectivity index (χ3v) is 8.36. The van der Waals surface area contributed by atoms with Crippen LogP contribution in [0.5, 0.6) is 0 Å². The Balaban J connectivity index is 1.42. The first-order valence-electron chi connectivity index (χ1n) is 10.5. The van der Waals surface area contributed by atoms with Gasteiger partial charge in [0.05, 0.1) is 20.9 Å². The van der Waals surface area contributed by atoms with Crippen molar-refractivity contribution in [3.63, 3.8) is 0 Å². The van der Waals surface area contributed by atoms with Crippen LogP contribution in [0.15, 0.2) is 77.8 Å². The van der Waals surface area contributed by atoms with Gasteiger partial charge in [-0.3, -0.25) is 4.79 Å². The van der Waals surface area contributed by atoms with Gasteiger partial charge >= 0.3 is 0 Å². The summed E-state index contributed by atoms with van der Waals surface area (Å²) in [5.74, 6) is -0.437. The molecule has 0 fully saturated rings. The molecule has 0 spiro atoms. The molecule has 5 aromatic rings. The van der Waals surface area contributed by atoms with E-state index >= 15 is 0 Å². The quantitative estimate of drug-likeness (QED) is 0.312. The molecule has 9 heteroatoms. The average molecular weight is 510 g/mol. The van der Waals surface area contributed by atoms with Crippen molar-refractivity contribution >= 4 is 64.9 Å². The molecule has 5 rings (SSSR count). The maximum absolute atomic E-state index is 13.3. The molecule has 0 aliphatic carbocycles. The maximum atomic E-state index is 13.3. The molecule has 3 aromatic carbocycles. The smallest absolute Gasteiger partial charge is 0.246 e. The van der Waals surface area contributed by atoms with E-state index in [2.05, 4.69) is 10.3 Å². The number of nitrogens with one attached hydrogen (secondary N) is 1. The van der Waals surface area contributed by atoms with E-state index in [4.69, 9.17) is 11.6 Å². The number of benzene rings is 3. The monoisotopic (exact) mass is 509 g/mol. The number of sulfone groups is 1. The number of amides is 1. The summed E-state index contributed by atoms with van der Waals surface area (Å²) in [5.41, 5.74) is 3.27. The van der Waals surface area contributed by atoms with E-state index in [0.29, 0.717) is 26.6 Å². The summed E-state index contributed by atoms with van der Waals surface area (Å²) in [7, 11) is -3.65. The minimum atomic E-state index is -3.65. The molecule has 1 N–H and O–H groups in total. The second-order valence-corrected chi connectivity index (χ2v) is 11.5. The van der Waals surface area contributed by atoms with E-state index in [1.54, 1.807) is 41.0 Å². The van der Waals surface area contributed by atoms with Crippen LogP contribution < -0.4 is 5.32 Å². The van der Waals surface area contributed by atoms with Crippen LogP contribution in [0.2, 0.25) is 5.02 Å². The maximum Gasteiger partial charge on any atom is 0.246 e. The van der Waals surface area contributed by atoms with Crippen molar-refractivity contribution < 1.29 is 13.2 Å². The summed E-state index contributed by atoms with van der Waals surface area (Å²) < 4.78 is 29.2. The van der Waals surface area contributed by atoms with Gasteiger partial charge in [0.25, 0.3) is 0 Å². The summed E-state index contributed by atoms with van der Waals surface area (Å²) >= 11 is 7.33. The minimum Gasteiger partial charge on any atom is -0.337 e. The molecule has 0 aliphatic rings. The second kappa shape index (κ2) is 8.87. The first-order valence-corrected chi connectivity index (χ1v) is 13.4. The number of aryl methyl sites for hydroxylation is 1. The fourth-order valence-corrected chi connectivity index (χ4v) is 6.56. The number of para-hydroxylation sites is 1. The Hall–Kier alpha value is -3.20.